The number of guanidine groups is 1. The molecule has 6 nitrogen and oxygen atoms in total. The van der Waals surface area contributed by atoms with Crippen molar-refractivity contribution in [2.24, 2.45) is 4.99 Å². The Labute approximate surface area is 185 Å². The van der Waals surface area contributed by atoms with Crippen LogP contribution in [0.2, 0.25) is 0 Å². The molecule has 2 fully saturated rings. The van der Waals surface area contributed by atoms with Crippen LogP contribution in [0.3, 0.4) is 0 Å². The van der Waals surface area contributed by atoms with E-state index in [1.807, 2.05) is 0 Å². The van der Waals surface area contributed by atoms with Gasteiger partial charge in [0.1, 0.15) is 12.2 Å². The maximum Gasteiger partial charge on any atom is 0.194 e. The number of hydrogen-bond donors (Lipinski definition) is 2. The van der Waals surface area contributed by atoms with E-state index in [4.69, 9.17) is 4.99 Å². The third kappa shape index (κ3) is 5.01. The Morgan fingerprint density at radius 3 is 2.67 bits per heavy atom. The molecule has 1 aromatic carbocycles. The van der Waals surface area contributed by atoms with E-state index < -0.39 is 0 Å². The molecule has 0 spiro atoms. The second-order valence-electron chi connectivity index (χ2n) is 7.07. The van der Waals surface area contributed by atoms with Gasteiger partial charge in [0.15, 0.2) is 5.96 Å². The average Bonchev–Trinajstić information content (AvgIpc) is 3.21. The first-order chi connectivity index (χ1) is 12.7. The van der Waals surface area contributed by atoms with Crippen LogP contribution in [0.25, 0.3) is 0 Å². The highest BCUT2D eigenvalue weighted by Gasteiger charge is 2.40. The van der Waals surface area contributed by atoms with Gasteiger partial charge in [-0.1, -0.05) is 28.1 Å². The fourth-order valence-corrected chi connectivity index (χ4v) is 4.03. The smallest absolute Gasteiger partial charge is 0.194 e. The van der Waals surface area contributed by atoms with Gasteiger partial charge in [0.2, 0.25) is 0 Å². The number of H-pyrrole nitrogens is 1. The zero-order valence-corrected chi connectivity index (χ0v) is 19.4. The van der Waals surface area contributed by atoms with E-state index in [-0.39, 0.29) is 24.0 Å². The molecule has 2 aromatic rings. The average molecular weight is 545 g/mol. The molecule has 2 atom stereocenters. The Kier molecular flexibility index (Phi) is 7.13. The number of hydrogen-bond acceptors (Lipinski definition) is 3. The van der Waals surface area contributed by atoms with Crippen LogP contribution in [0.5, 0.6) is 0 Å². The molecule has 0 radical (unpaired) electrons. The van der Waals surface area contributed by atoms with E-state index >= 15 is 0 Å². The Hall–Kier alpha value is -1.16. The number of benzene rings is 1. The fraction of sp³-hybridized carbons (Fsp3) is 0.526. The molecule has 2 N–H and O–H groups in total. The highest BCUT2D eigenvalue weighted by Crippen LogP contribution is 2.41. The van der Waals surface area contributed by atoms with E-state index in [0.717, 1.165) is 48.7 Å². The van der Waals surface area contributed by atoms with Crippen molar-refractivity contribution in [3.05, 3.63) is 46.5 Å². The monoisotopic (exact) mass is 544 g/mol. The molecular weight excluding hydrogens is 519 g/mol. The maximum atomic E-state index is 4.75. The van der Waals surface area contributed by atoms with Crippen LogP contribution in [-0.4, -0.2) is 51.7 Å². The SMILES string of the molecule is CCN=C(NC1CC1c1ccc(Br)cc1)N1CCC(c2ncn[nH]2)CC1.I. The van der Waals surface area contributed by atoms with Gasteiger partial charge in [-0.3, -0.25) is 10.1 Å². The number of nitrogens with one attached hydrogen (secondary N) is 2. The van der Waals surface area contributed by atoms with Crippen molar-refractivity contribution >= 4 is 45.9 Å². The lowest BCUT2D eigenvalue weighted by Gasteiger charge is -2.33. The summed E-state index contributed by atoms with van der Waals surface area (Å²) in [6.07, 6.45) is 4.95. The molecule has 2 unspecified atom stereocenters. The minimum Gasteiger partial charge on any atom is -0.353 e. The highest BCUT2D eigenvalue weighted by molar-refractivity contribution is 14.0. The minimum absolute atomic E-state index is 0. The molecule has 0 bridgehead atoms. The molecular formula is C19H26BrIN6. The zero-order valence-electron chi connectivity index (χ0n) is 15.4. The summed E-state index contributed by atoms with van der Waals surface area (Å²) >= 11 is 3.51. The number of aliphatic imine (C=N–C) groups is 1. The van der Waals surface area contributed by atoms with Crippen molar-refractivity contribution in [2.75, 3.05) is 19.6 Å². The van der Waals surface area contributed by atoms with Crippen molar-refractivity contribution in [3.63, 3.8) is 0 Å². The molecule has 2 heterocycles. The third-order valence-corrected chi connectivity index (χ3v) is 5.85. The Morgan fingerprint density at radius 1 is 1.30 bits per heavy atom. The molecule has 146 valence electrons. The maximum absolute atomic E-state index is 4.75. The van der Waals surface area contributed by atoms with Gasteiger partial charge in [-0.15, -0.1) is 24.0 Å². The molecule has 1 saturated carbocycles. The highest BCUT2D eigenvalue weighted by atomic mass is 127. The minimum atomic E-state index is 0. The van der Waals surface area contributed by atoms with Crippen LogP contribution < -0.4 is 5.32 Å². The first-order valence-corrected chi connectivity index (χ1v) is 10.2. The number of nitrogens with zero attached hydrogens (tertiary/aromatic N) is 4. The van der Waals surface area contributed by atoms with Crippen molar-refractivity contribution in [1.29, 1.82) is 0 Å². The number of rotatable bonds is 4. The van der Waals surface area contributed by atoms with E-state index in [1.54, 1.807) is 6.33 Å². The summed E-state index contributed by atoms with van der Waals surface area (Å²) in [5.41, 5.74) is 1.41. The first-order valence-electron chi connectivity index (χ1n) is 9.41. The van der Waals surface area contributed by atoms with Crippen molar-refractivity contribution < 1.29 is 0 Å². The number of likely N-dealkylation sites (tertiary alicyclic amines) is 1. The van der Waals surface area contributed by atoms with E-state index in [0.29, 0.717) is 17.9 Å². The van der Waals surface area contributed by atoms with E-state index in [2.05, 4.69) is 72.5 Å². The standard InChI is InChI=1S/C19H25BrN6.HI/c1-2-21-19(24-17-11-16(17)13-3-5-15(20)6-4-13)26-9-7-14(8-10-26)18-22-12-23-25-18;/h3-6,12,14,16-17H,2,7-11H2,1H3,(H,21,24)(H,22,23,25);1H. The summed E-state index contributed by atoms with van der Waals surface area (Å²) in [5, 5.41) is 10.7. The number of piperidine rings is 1. The first kappa shape index (κ1) is 20.6. The molecule has 1 aromatic heterocycles. The Bertz CT molecular complexity index is 740. The zero-order chi connectivity index (χ0) is 17.9. The van der Waals surface area contributed by atoms with Gasteiger partial charge in [-0.25, -0.2) is 4.98 Å². The van der Waals surface area contributed by atoms with E-state index in [9.17, 15) is 0 Å². The molecule has 8 heteroatoms. The molecule has 1 aliphatic heterocycles. The van der Waals surface area contributed by atoms with Crippen LogP contribution >= 0.6 is 39.9 Å². The third-order valence-electron chi connectivity index (χ3n) is 5.33. The summed E-state index contributed by atoms with van der Waals surface area (Å²) in [6, 6.07) is 9.18. The number of aromatic nitrogens is 3. The molecule has 4 rings (SSSR count). The summed E-state index contributed by atoms with van der Waals surface area (Å²) in [7, 11) is 0. The van der Waals surface area contributed by atoms with Gasteiger partial charge in [0.05, 0.1) is 0 Å². The van der Waals surface area contributed by atoms with Crippen LogP contribution in [0, 0.1) is 0 Å². The predicted octanol–water partition coefficient (Wildman–Crippen LogP) is 3.89. The lowest BCUT2D eigenvalue weighted by molar-refractivity contribution is 0.298. The molecule has 27 heavy (non-hydrogen) atoms. The topological polar surface area (TPSA) is 69.2 Å². The van der Waals surface area contributed by atoms with Crippen LogP contribution in [0.1, 0.15) is 49.4 Å². The van der Waals surface area contributed by atoms with Crippen LogP contribution in [-0.2, 0) is 0 Å². The van der Waals surface area contributed by atoms with Gasteiger partial charge in [-0.05, 0) is 43.9 Å². The lowest BCUT2D eigenvalue weighted by atomic mass is 9.96. The lowest BCUT2D eigenvalue weighted by Crippen LogP contribution is -2.46. The van der Waals surface area contributed by atoms with E-state index in [1.165, 1.54) is 12.0 Å². The van der Waals surface area contributed by atoms with Crippen molar-refractivity contribution in [3.8, 4) is 0 Å². The van der Waals surface area contributed by atoms with Gasteiger partial charge >= 0.3 is 0 Å². The summed E-state index contributed by atoms with van der Waals surface area (Å²) in [6.45, 7) is 4.92. The summed E-state index contributed by atoms with van der Waals surface area (Å²) in [5.74, 6) is 3.15. The molecule has 0 amide bonds. The van der Waals surface area contributed by atoms with Gasteiger partial charge < -0.3 is 10.2 Å². The largest absolute Gasteiger partial charge is 0.353 e. The molecule has 2 aliphatic rings. The van der Waals surface area contributed by atoms with Crippen molar-refractivity contribution in [2.45, 2.75) is 44.1 Å². The molecule has 1 aliphatic carbocycles. The van der Waals surface area contributed by atoms with Crippen molar-refractivity contribution in [1.82, 2.24) is 25.4 Å². The quantitative estimate of drug-likeness (QED) is 0.348. The van der Waals surface area contributed by atoms with Crippen LogP contribution in [0.4, 0.5) is 0 Å². The fourth-order valence-electron chi connectivity index (χ4n) is 3.76. The summed E-state index contributed by atoms with van der Waals surface area (Å²) < 4.78 is 1.13. The van der Waals surface area contributed by atoms with Gasteiger partial charge in [-0.2, -0.15) is 5.10 Å². The van der Waals surface area contributed by atoms with Gasteiger partial charge in [0.25, 0.3) is 0 Å². The normalized spacial score (nSPS) is 23.0. The second kappa shape index (κ2) is 9.36. The Morgan fingerprint density at radius 2 is 2.04 bits per heavy atom. The van der Waals surface area contributed by atoms with Gasteiger partial charge in [0, 0.05) is 42.0 Å². The number of aromatic amines is 1. The predicted molar refractivity (Wildman–Crippen MR) is 122 cm³/mol. The number of halogens is 2. The Balaban J connectivity index is 0.00000210. The van der Waals surface area contributed by atoms with Crippen LogP contribution in [0.15, 0.2) is 40.1 Å². The molecule has 1 saturated heterocycles. The summed E-state index contributed by atoms with van der Waals surface area (Å²) in [4.78, 5) is 11.5. The second-order valence-corrected chi connectivity index (χ2v) is 7.99.